The molecule has 2 aliphatic rings. The van der Waals surface area contributed by atoms with Crippen LogP contribution in [0.5, 0.6) is 5.75 Å². The van der Waals surface area contributed by atoms with Gasteiger partial charge in [0.15, 0.2) is 0 Å². The minimum Gasteiger partial charge on any atom is -0.496 e. The van der Waals surface area contributed by atoms with Gasteiger partial charge in [-0.1, -0.05) is 48.9 Å². The maximum absolute atomic E-state index is 14.1. The number of likely N-dealkylation sites (tertiary alicyclic amines) is 1. The molecule has 182 valence electrons. The van der Waals surface area contributed by atoms with E-state index in [-0.39, 0.29) is 11.8 Å². The zero-order valence-electron chi connectivity index (χ0n) is 19.9. The van der Waals surface area contributed by atoms with E-state index in [4.69, 9.17) is 4.74 Å². The average molecular weight is 477 g/mol. The van der Waals surface area contributed by atoms with Gasteiger partial charge in [-0.05, 0) is 47.7 Å². The first kappa shape index (κ1) is 23.5. The normalized spacial score (nSPS) is 22.7. The van der Waals surface area contributed by atoms with E-state index >= 15 is 0 Å². The number of ether oxygens (including phenoxy) is 1. The van der Waals surface area contributed by atoms with Crippen molar-refractivity contribution < 1.29 is 18.3 Å². The van der Waals surface area contributed by atoms with Crippen LogP contribution in [0.4, 0.5) is 8.78 Å². The Labute approximate surface area is 204 Å². The molecule has 1 amide bonds. The molecule has 3 aromatic carbocycles. The molecule has 2 atom stereocenters. The van der Waals surface area contributed by atoms with E-state index in [0.29, 0.717) is 31.6 Å². The summed E-state index contributed by atoms with van der Waals surface area (Å²) in [5, 5.41) is 3.26. The molecule has 35 heavy (non-hydrogen) atoms. The van der Waals surface area contributed by atoms with E-state index in [1.165, 1.54) is 12.1 Å². The summed E-state index contributed by atoms with van der Waals surface area (Å²) >= 11 is 0. The molecule has 0 aliphatic carbocycles. The molecule has 0 saturated carbocycles. The van der Waals surface area contributed by atoms with Gasteiger partial charge in [-0.25, -0.2) is 8.78 Å². The lowest BCUT2D eigenvalue weighted by Gasteiger charge is -2.35. The van der Waals surface area contributed by atoms with Crippen molar-refractivity contribution in [3.05, 3.63) is 89.5 Å². The average Bonchev–Trinajstić information content (AvgIpc) is 3.07. The Morgan fingerprint density at radius 1 is 1.03 bits per heavy atom. The smallest absolute Gasteiger partial charge is 0.220 e. The van der Waals surface area contributed by atoms with Crippen LogP contribution in [0.25, 0.3) is 11.1 Å². The number of halogens is 2. The van der Waals surface area contributed by atoms with Crippen molar-refractivity contribution in [2.45, 2.75) is 43.7 Å². The van der Waals surface area contributed by atoms with E-state index in [9.17, 15) is 13.6 Å². The second kappa shape index (κ2) is 9.78. The lowest BCUT2D eigenvalue weighted by molar-refractivity contribution is -0.122. The van der Waals surface area contributed by atoms with Crippen LogP contribution >= 0.6 is 0 Å². The van der Waals surface area contributed by atoms with E-state index in [0.717, 1.165) is 47.8 Å². The molecule has 2 aliphatic heterocycles. The zero-order valence-corrected chi connectivity index (χ0v) is 19.9. The SMILES string of the molecule is COc1ccccc1-c1ccc(CN2C[C@@H](c3cc(F)cc(F)c3)[C@@]3(CCCCC(=O)N3)C2)cc1. The Balaban J connectivity index is 1.40. The van der Waals surface area contributed by atoms with Crippen LogP contribution in [0.2, 0.25) is 0 Å². The van der Waals surface area contributed by atoms with Crippen molar-refractivity contribution in [2.24, 2.45) is 0 Å². The van der Waals surface area contributed by atoms with E-state index in [2.05, 4.69) is 34.5 Å². The Hall–Kier alpha value is -3.25. The molecule has 1 N–H and O–H groups in total. The summed E-state index contributed by atoms with van der Waals surface area (Å²) in [5.41, 5.74) is 3.35. The zero-order chi connectivity index (χ0) is 24.4. The topological polar surface area (TPSA) is 41.6 Å². The predicted octanol–water partition coefficient (Wildman–Crippen LogP) is 5.67. The van der Waals surface area contributed by atoms with E-state index in [1.54, 1.807) is 7.11 Å². The number of hydrogen-bond donors (Lipinski definition) is 1. The number of hydrogen-bond acceptors (Lipinski definition) is 3. The summed E-state index contributed by atoms with van der Waals surface area (Å²) in [6.07, 6.45) is 3.04. The van der Waals surface area contributed by atoms with Gasteiger partial charge >= 0.3 is 0 Å². The van der Waals surface area contributed by atoms with Crippen LogP contribution in [0.1, 0.15) is 42.7 Å². The highest BCUT2D eigenvalue weighted by molar-refractivity contribution is 5.77. The van der Waals surface area contributed by atoms with Crippen LogP contribution < -0.4 is 10.1 Å². The molecule has 2 saturated heterocycles. The first-order valence-electron chi connectivity index (χ1n) is 12.2. The molecule has 0 bridgehead atoms. The van der Waals surface area contributed by atoms with Crippen LogP contribution in [-0.2, 0) is 11.3 Å². The lowest BCUT2D eigenvalue weighted by atomic mass is 9.79. The first-order chi connectivity index (χ1) is 17.0. The summed E-state index contributed by atoms with van der Waals surface area (Å²) in [6.45, 7) is 1.96. The fourth-order valence-electron chi connectivity index (χ4n) is 5.77. The summed E-state index contributed by atoms with van der Waals surface area (Å²) in [5.74, 6) is -0.494. The summed E-state index contributed by atoms with van der Waals surface area (Å²) in [6, 6.07) is 20.0. The van der Waals surface area contributed by atoms with Crippen LogP contribution in [0.3, 0.4) is 0 Å². The molecular weight excluding hydrogens is 446 g/mol. The molecule has 2 heterocycles. The van der Waals surface area contributed by atoms with Crippen molar-refractivity contribution in [1.29, 1.82) is 0 Å². The third-order valence-electron chi connectivity index (χ3n) is 7.34. The first-order valence-corrected chi connectivity index (χ1v) is 12.2. The minimum atomic E-state index is -0.583. The van der Waals surface area contributed by atoms with E-state index < -0.39 is 17.2 Å². The Morgan fingerprint density at radius 3 is 2.51 bits per heavy atom. The molecule has 2 fully saturated rings. The van der Waals surface area contributed by atoms with Crippen molar-refractivity contribution >= 4 is 5.91 Å². The van der Waals surface area contributed by atoms with Gasteiger partial charge in [0, 0.05) is 43.6 Å². The van der Waals surface area contributed by atoms with Gasteiger partial charge in [0.05, 0.1) is 12.6 Å². The molecule has 5 rings (SSSR count). The van der Waals surface area contributed by atoms with E-state index in [1.807, 2.05) is 24.3 Å². The number of carbonyl (C=O) groups excluding carboxylic acids is 1. The number of nitrogens with one attached hydrogen (secondary N) is 1. The van der Waals surface area contributed by atoms with Gasteiger partial charge in [-0.3, -0.25) is 9.69 Å². The van der Waals surface area contributed by atoms with Crippen LogP contribution in [-0.4, -0.2) is 36.5 Å². The Kier molecular flexibility index (Phi) is 6.56. The Bertz CT molecular complexity index is 1190. The molecule has 6 heteroatoms. The van der Waals surface area contributed by atoms with Crippen LogP contribution in [0, 0.1) is 11.6 Å². The van der Waals surface area contributed by atoms with Crippen molar-refractivity contribution in [3.63, 3.8) is 0 Å². The molecule has 3 aromatic rings. The number of benzene rings is 3. The summed E-state index contributed by atoms with van der Waals surface area (Å²) < 4.78 is 33.7. The predicted molar refractivity (Wildman–Crippen MR) is 132 cm³/mol. The number of carbonyl (C=O) groups is 1. The summed E-state index contributed by atoms with van der Waals surface area (Å²) in [7, 11) is 1.67. The van der Waals surface area contributed by atoms with Gasteiger partial charge < -0.3 is 10.1 Å². The molecule has 4 nitrogen and oxygen atoms in total. The second-order valence-corrected chi connectivity index (χ2v) is 9.73. The monoisotopic (exact) mass is 476 g/mol. The van der Waals surface area contributed by atoms with Crippen molar-refractivity contribution in [2.75, 3.05) is 20.2 Å². The van der Waals surface area contributed by atoms with Crippen LogP contribution in [0.15, 0.2) is 66.7 Å². The fourth-order valence-corrected chi connectivity index (χ4v) is 5.77. The highest BCUT2D eigenvalue weighted by Crippen LogP contribution is 2.42. The molecule has 0 unspecified atom stereocenters. The van der Waals surface area contributed by atoms with Gasteiger partial charge in [0.1, 0.15) is 17.4 Å². The van der Waals surface area contributed by atoms with Crippen molar-refractivity contribution in [1.82, 2.24) is 10.2 Å². The number of nitrogens with zero attached hydrogens (tertiary/aromatic N) is 1. The largest absolute Gasteiger partial charge is 0.496 e. The number of rotatable bonds is 5. The third-order valence-corrected chi connectivity index (χ3v) is 7.34. The fraction of sp³-hybridized carbons (Fsp3) is 0.345. The third kappa shape index (κ3) is 4.94. The van der Waals surface area contributed by atoms with Gasteiger partial charge in [-0.15, -0.1) is 0 Å². The lowest BCUT2D eigenvalue weighted by Crippen LogP contribution is -2.52. The quantitative estimate of drug-likeness (QED) is 0.516. The van der Waals surface area contributed by atoms with Gasteiger partial charge in [0.2, 0.25) is 5.91 Å². The maximum atomic E-state index is 14.1. The number of methoxy groups -OCH3 is 1. The van der Waals surface area contributed by atoms with Crippen molar-refractivity contribution in [3.8, 4) is 16.9 Å². The molecule has 0 radical (unpaired) electrons. The highest BCUT2D eigenvalue weighted by atomic mass is 19.1. The molecular formula is C29H30F2N2O2. The molecule has 0 aromatic heterocycles. The van der Waals surface area contributed by atoms with Gasteiger partial charge in [-0.2, -0.15) is 0 Å². The minimum absolute atomic E-state index is 0.0207. The second-order valence-electron chi connectivity index (χ2n) is 9.73. The Morgan fingerprint density at radius 2 is 1.77 bits per heavy atom. The molecule has 1 spiro atoms. The maximum Gasteiger partial charge on any atom is 0.220 e. The summed E-state index contributed by atoms with van der Waals surface area (Å²) in [4.78, 5) is 14.8. The number of para-hydroxylation sites is 1. The highest BCUT2D eigenvalue weighted by Gasteiger charge is 2.48. The number of amides is 1. The standard InChI is InChI=1S/C29H30F2N2O2/c1-35-27-7-3-2-6-25(27)21-11-9-20(10-12-21)17-33-18-26(22-14-23(30)16-24(31)15-22)29(19-33)13-5-4-8-28(34)32-29/h2-3,6-7,9-12,14-16,26H,4-5,8,13,17-19H2,1H3,(H,32,34)/t26-,29+/m0/s1. The van der Waals surface area contributed by atoms with Gasteiger partial charge in [0.25, 0.3) is 0 Å².